The first kappa shape index (κ1) is 18.8. The number of nitrogens with one attached hydrogen (secondary N) is 1. The molecule has 1 aromatic carbocycles. The van der Waals surface area contributed by atoms with Gasteiger partial charge in [-0.3, -0.25) is 10.3 Å². The lowest BCUT2D eigenvalue weighted by Crippen LogP contribution is -2.33. The number of anilines is 2. The van der Waals surface area contributed by atoms with Crippen LogP contribution in [0.15, 0.2) is 54.9 Å². The van der Waals surface area contributed by atoms with Crippen LogP contribution in [0, 0.1) is 11.6 Å². The van der Waals surface area contributed by atoms with E-state index in [0.29, 0.717) is 13.1 Å². The third-order valence-corrected chi connectivity index (χ3v) is 4.99. The molecule has 0 radical (unpaired) electrons. The Morgan fingerprint density at radius 1 is 1.21 bits per heavy atom. The van der Waals surface area contributed by atoms with E-state index < -0.39 is 11.6 Å². The second-order valence-corrected chi connectivity index (χ2v) is 6.91. The second kappa shape index (κ2) is 7.83. The van der Waals surface area contributed by atoms with Gasteiger partial charge in [0.15, 0.2) is 5.82 Å². The zero-order valence-corrected chi connectivity index (χ0v) is 15.5. The van der Waals surface area contributed by atoms with Gasteiger partial charge in [-0.1, -0.05) is 6.07 Å². The normalized spacial score (nSPS) is 16.1. The molecule has 1 atom stereocenters. The third kappa shape index (κ3) is 4.01. The Morgan fingerprint density at radius 3 is 2.83 bits per heavy atom. The van der Waals surface area contributed by atoms with Gasteiger partial charge in [-0.15, -0.1) is 0 Å². The first-order chi connectivity index (χ1) is 14.0. The standard InChI is InChI=1S/C21H19F2N5O/c22-15-3-4-16(17(23)10-15)19-6-5-18(24)20(26-19)27-21(29)28-9-7-14(12-28)13-2-1-8-25-11-13/h1-6,8,10-11,14H,7,9,12,24H2,(H,26,27,29). The Kier molecular flexibility index (Phi) is 5.07. The Hall–Kier alpha value is -3.55. The number of aromatic nitrogens is 2. The number of urea groups is 1. The van der Waals surface area contributed by atoms with Crippen molar-refractivity contribution in [1.29, 1.82) is 0 Å². The summed E-state index contributed by atoms with van der Waals surface area (Å²) in [5, 5.41) is 2.70. The summed E-state index contributed by atoms with van der Waals surface area (Å²) in [4.78, 5) is 22.8. The maximum Gasteiger partial charge on any atom is 0.323 e. The van der Waals surface area contributed by atoms with Crippen molar-refractivity contribution in [2.24, 2.45) is 0 Å². The number of halogens is 2. The Morgan fingerprint density at radius 2 is 2.07 bits per heavy atom. The maximum atomic E-state index is 14.1. The van der Waals surface area contributed by atoms with Gasteiger partial charge in [-0.25, -0.2) is 18.6 Å². The molecule has 6 nitrogen and oxygen atoms in total. The van der Waals surface area contributed by atoms with E-state index in [1.165, 1.54) is 18.2 Å². The van der Waals surface area contributed by atoms with Crippen molar-refractivity contribution < 1.29 is 13.6 Å². The van der Waals surface area contributed by atoms with E-state index in [-0.39, 0.29) is 34.7 Å². The number of benzene rings is 1. The molecule has 4 rings (SSSR count). The van der Waals surface area contributed by atoms with Crippen molar-refractivity contribution in [3.8, 4) is 11.3 Å². The predicted octanol–water partition coefficient (Wildman–Crippen LogP) is 4.03. The molecule has 0 saturated carbocycles. The number of carbonyl (C=O) groups excluding carboxylic acids is 1. The smallest absolute Gasteiger partial charge is 0.323 e. The summed E-state index contributed by atoms with van der Waals surface area (Å²) in [7, 11) is 0. The summed E-state index contributed by atoms with van der Waals surface area (Å²) in [5.74, 6) is -1.05. The number of likely N-dealkylation sites (tertiary alicyclic amines) is 1. The number of rotatable bonds is 3. The van der Waals surface area contributed by atoms with E-state index in [1.807, 2.05) is 18.3 Å². The van der Waals surface area contributed by atoms with E-state index in [2.05, 4.69) is 15.3 Å². The largest absolute Gasteiger partial charge is 0.396 e. The summed E-state index contributed by atoms with van der Waals surface area (Å²) >= 11 is 0. The highest BCUT2D eigenvalue weighted by Gasteiger charge is 2.28. The topological polar surface area (TPSA) is 84.1 Å². The molecule has 2 aromatic heterocycles. The highest BCUT2D eigenvalue weighted by atomic mass is 19.1. The SMILES string of the molecule is Nc1ccc(-c2ccc(F)cc2F)nc1NC(=O)N1CCC(c2cccnc2)C1. The first-order valence-electron chi connectivity index (χ1n) is 9.19. The van der Waals surface area contributed by atoms with Gasteiger partial charge in [0.2, 0.25) is 0 Å². The van der Waals surface area contributed by atoms with Crippen molar-refractivity contribution in [3.05, 3.63) is 72.1 Å². The molecule has 0 bridgehead atoms. The summed E-state index contributed by atoms with van der Waals surface area (Å²) < 4.78 is 27.2. The highest BCUT2D eigenvalue weighted by Crippen LogP contribution is 2.29. The average molecular weight is 395 g/mol. The van der Waals surface area contributed by atoms with E-state index in [1.54, 1.807) is 11.1 Å². The van der Waals surface area contributed by atoms with E-state index >= 15 is 0 Å². The number of hydrogen-bond donors (Lipinski definition) is 2. The first-order valence-corrected chi connectivity index (χ1v) is 9.19. The lowest BCUT2D eigenvalue weighted by Gasteiger charge is -2.18. The van der Waals surface area contributed by atoms with Crippen LogP contribution >= 0.6 is 0 Å². The fourth-order valence-corrected chi connectivity index (χ4v) is 3.43. The van der Waals surface area contributed by atoms with Crippen LogP contribution in [0.4, 0.5) is 25.1 Å². The predicted molar refractivity (Wildman–Crippen MR) is 106 cm³/mol. The average Bonchev–Trinajstić information content (AvgIpc) is 3.21. The molecule has 1 saturated heterocycles. The van der Waals surface area contributed by atoms with Crippen molar-refractivity contribution in [3.63, 3.8) is 0 Å². The molecular weight excluding hydrogens is 376 g/mol. The molecule has 148 valence electrons. The number of hydrogen-bond acceptors (Lipinski definition) is 4. The van der Waals surface area contributed by atoms with Gasteiger partial charge >= 0.3 is 6.03 Å². The summed E-state index contributed by atoms with van der Waals surface area (Å²) in [6, 6.07) is 9.84. The van der Waals surface area contributed by atoms with Crippen LogP contribution in [0.1, 0.15) is 17.9 Å². The van der Waals surface area contributed by atoms with Gasteiger partial charge in [-0.05, 0) is 42.3 Å². The zero-order valence-electron chi connectivity index (χ0n) is 15.5. The van der Waals surface area contributed by atoms with E-state index in [9.17, 15) is 13.6 Å². The monoisotopic (exact) mass is 395 g/mol. The van der Waals surface area contributed by atoms with Crippen molar-refractivity contribution in [1.82, 2.24) is 14.9 Å². The van der Waals surface area contributed by atoms with Gasteiger partial charge < -0.3 is 10.6 Å². The quantitative estimate of drug-likeness (QED) is 0.701. The van der Waals surface area contributed by atoms with Crippen molar-refractivity contribution >= 4 is 17.5 Å². The summed E-state index contributed by atoms with van der Waals surface area (Å²) in [6.45, 7) is 1.15. The molecule has 1 aliphatic heterocycles. The van der Waals surface area contributed by atoms with E-state index in [4.69, 9.17) is 5.73 Å². The lowest BCUT2D eigenvalue weighted by atomic mass is 10.0. The van der Waals surface area contributed by atoms with Gasteiger partial charge in [0, 0.05) is 43.0 Å². The highest BCUT2D eigenvalue weighted by molar-refractivity contribution is 5.92. The summed E-state index contributed by atoms with van der Waals surface area (Å²) in [5.41, 5.74) is 7.66. The molecule has 3 heterocycles. The minimum absolute atomic E-state index is 0.125. The summed E-state index contributed by atoms with van der Waals surface area (Å²) in [6.07, 6.45) is 4.36. The van der Waals surface area contributed by atoms with Crippen molar-refractivity contribution in [2.75, 3.05) is 24.1 Å². The third-order valence-electron chi connectivity index (χ3n) is 4.99. The van der Waals surface area contributed by atoms with Gasteiger partial charge in [0.25, 0.3) is 0 Å². The van der Waals surface area contributed by atoms with Crippen LogP contribution in [-0.2, 0) is 0 Å². The van der Waals surface area contributed by atoms with Gasteiger partial charge in [0.1, 0.15) is 11.6 Å². The van der Waals surface area contributed by atoms with Crippen LogP contribution in [0.3, 0.4) is 0 Å². The molecule has 1 unspecified atom stereocenters. The zero-order chi connectivity index (χ0) is 20.4. The lowest BCUT2D eigenvalue weighted by molar-refractivity contribution is 0.222. The Balaban J connectivity index is 1.50. The van der Waals surface area contributed by atoms with Crippen LogP contribution in [0.2, 0.25) is 0 Å². The van der Waals surface area contributed by atoms with Crippen LogP contribution in [0.25, 0.3) is 11.3 Å². The number of nitrogen functional groups attached to an aromatic ring is 1. The number of pyridine rings is 2. The number of nitrogens with zero attached hydrogens (tertiary/aromatic N) is 3. The van der Waals surface area contributed by atoms with Crippen LogP contribution in [0.5, 0.6) is 0 Å². The number of nitrogens with two attached hydrogens (primary N) is 1. The molecule has 3 aromatic rings. The van der Waals surface area contributed by atoms with Crippen molar-refractivity contribution in [2.45, 2.75) is 12.3 Å². The molecule has 8 heteroatoms. The minimum atomic E-state index is -0.738. The number of amides is 2. The molecular formula is C21H19F2N5O. The number of carbonyl (C=O) groups is 1. The molecule has 1 aliphatic rings. The minimum Gasteiger partial charge on any atom is -0.396 e. The molecule has 2 amide bonds. The Labute approximate surface area is 166 Å². The maximum absolute atomic E-state index is 14.1. The van der Waals surface area contributed by atoms with Gasteiger partial charge in [-0.2, -0.15) is 0 Å². The van der Waals surface area contributed by atoms with Gasteiger partial charge in [0.05, 0.1) is 11.4 Å². The molecule has 29 heavy (non-hydrogen) atoms. The fourth-order valence-electron chi connectivity index (χ4n) is 3.43. The molecule has 1 fully saturated rings. The van der Waals surface area contributed by atoms with Crippen LogP contribution < -0.4 is 11.1 Å². The fraction of sp³-hybridized carbons (Fsp3) is 0.190. The molecule has 0 spiro atoms. The van der Waals surface area contributed by atoms with Crippen LogP contribution in [-0.4, -0.2) is 34.0 Å². The molecule has 0 aliphatic carbocycles. The van der Waals surface area contributed by atoms with E-state index in [0.717, 1.165) is 24.1 Å². The second-order valence-electron chi connectivity index (χ2n) is 6.91. The Bertz CT molecular complexity index is 1040. The molecule has 3 N–H and O–H groups in total.